The minimum Gasteiger partial charge on any atom is -0.392 e. The van der Waals surface area contributed by atoms with E-state index in [-0.39, 0.29) is 16.0 Å². The Morgan fingerprint density at radius 1 is 1.40 bits per heavy atom. The maximum absolute atomic E-state index is 13.6. The molecule has 4 nitrogen and oxygen atoms in total. The Balaban J connectivity index is 2.09. The van der Waals surface area contributed by atoms with Gasteiger partial charge in [0, 0.05) is 12.1 Å². The van der Waals surface area contributed by atoms with Gasteiger partial charge in [-0.25, -0.2) is 17.5 Å². The first-order chi connectivity index (χ1) is 9.44. The van der Waals surface area contributed by atoms with Crippen molar-refractivity contribution in [1.82, 2.24) is 4.72 Å². The van der Waals surface area contributed by atoms with Gasteiger partial charge in [0.2, 0.25) is 10.0 Å². The van der Waals surface area contributed by atoms with Crippen molar-refractivity contribution in [2.75, 3.05) is 6.54 Å². The number of sulfonamides is 1. The van der Waals surface area contributed by atoms with Gasteiger partial charge in [0.05, 0.1) is 11.5 Å². The van der Waals surface area contributed by atoms with E-state index < -0.39 is 22.4 Å². The van der Waals surface area contributed by atoms with Crippen LogP contribution in [0, 0.1) is 18.7 Å². The molecule has 1 fully saturated rings. The van der Waals surface area contributed by atoms with Crippen molar-refractivity contribution >= 4 is 10.0 Å². The number of hydrogen-bond donors (Lipinski definition) is 2. The van der Waals surface area contributed by atoms with Gasteiger partial charge in [0.25, 0.3) is 0 Å². The lowest BCUT2D eigenvalue weighted by Crippen LogP contribution is -2.27. The van der Waals surface area contributed by atoms with Crippen LogP contribution in [0.15, 0.2) is 17.0 Å². The Bertz CT molecular complexity index is 582. The summed E-state index contributed by atoms with van der Waals surface area (Å²) in [5.41, 5.74) is 0.222. The smallest absolute Gasteiger partial charge is 0.240 e. The maximum atomic E-state index is 13.6. The van der Waals surface area contributed by atoms with Gasteiger partial charge < -0.3 is 5.11 Å². The molecule has 1 aromatic rings. The highest BCUT2D eigenvalue weighted by molar-refractivity contribution is 7.89. The monoisotopic (exact) mass is 301 g/mol. The second-order valence-electron chi connectivity index (χ2n) is 5.35. The molecule has 0 radical (unpaired) electrons. The summed E-state index contributed by atoms with van der Waals surface area (Å²) in [4.78, 5) is 0.00839. The molecule has 0 spiro atoms. The van der Waals surface area contributed by atoms with Gasteiger partial charge in [-0.05, 0) is 37.0 Å². The van der Waals surface area contributed by atoms with Crippen LogP contribution in [0.5, 0.6) is 0 Å². The van der Waals surface area contributed by atoms with Crippen LogP contribution in [0.4, 0.5) is 4.39 Å². The summed E-state index contributed by atoms with van der Waals surface area (Å²) in [5.74, 6) is 0.0709. The van der Waals surface area contributed by atoms with Gasteiger partial charge in [-0.2, -0.15) is 0 Å². The molecular formula is C14H20FNO3S. The van der Waals surface area contributed by atoms with E-state index in [4.69, 9.17) is 5.11 Å². The number of benzene rings is 1. The fraction of sp³-hybridized carbons (Fsp3) is 0.571. The van der Waals surface area contributed by atoms with Crippen LogP contribution in [0.25, 0.3) is 0 Å². The van der Waals surface area contributed by atoms with E-state index >= 15 is 0 Å². The van der Waals surface area contributed by atoms with Gasteiger partial charge in [-0.3, -0.25) is 0 Å². The second kappa shape index (κ2) is 6.20. The molecule has 20 heavy (non-hydrogen) atoms. The van der Waals surface area contributed by atoms with Crippen molar-refractivity contribution in [2.24, 2.45) is 5.92 Å². The summed E-state index contributed by atoms with van der Waals surface area (Å²) < 4.78 is 40.4. The Morgan fingerprint density at radius 3 is 2.65 bits per heavy atom. The van der Waals surface area contributed by atoms with Crippen LogP contribution < -0.4 is 4.72 Å². The summed E-state index contributed by atoms with van der Waals surface area (Å²) in [6.07, 6.45) is 4.42. The topological polar surface area (TPSA) is 66.4 Å². The molecule has 1 aromatic carbocycles. The molecule has 1 aliphatic rings. The normalized spacial score (nSPS) is 16.1. The molecule has 0 amide bonds. The lowest BCUT2D eigenvalue weighted by molar-refractivity contribution is 0.275. The van der Waals surface area contributed by atoms with Crippen LogP contribution in [-0.2, 0) is 16.6 Å². The molecule has 0 heterocycles. The maximum Gasteiger partial charge on any atom is 0.240 e. The SMILES string of the molecule is Cc1cc(S(=O)(=O)NCCC2CCC2)cc(CO)c1F. The second-order valence-corrected chi connectivity index (χ2v) is 7.12. The highest BCUT2D eigenvalue weighted by atomic mass is 32.2. The summed E-state index contributed by atoms with van der Waals surface area (Å²) in [5, 5.41) is 9.07. The van der Waals surface area contributed by atoms with Crippen LogP contribution in [0.2, 0.25) is 0 Å². The molecule has 0 bridgehead atoms. The molecule has 0 atom stereocenters. The Kier molecular flexibility index (Phi) is 4.78. The fourth-order valence-corrected chi connectivity index (χ4v) is 3.52. The number of nitrogens with one attached hydrogen (secondary N) is 1. The number of hydrogen-bond acceptors (Lipinski definition) is 3. The fourth-order valence-electron chi connectivity index (χ4n) is 2.34. The minimum atomic E-state index is -3.64. The standard InChI is InChI=1S/C14H20FNO3S/c1-10-7-13(8-12(9-17)14(10)15)20(18,19)16-6-5-11-3-2-4-11/h7-8,11,16-17H,2-6,9H2,1H3. The lowest BCUT2D eigenvalue weighted by atomic mass is 9.83. The molecule has 0 saturated heterocycles. The quantitative estimate of drug-likeness (QED) is 0.845. The van der Waals surface area contributed by atoms with Crippen LogP contribution in [0.1, 0.15) is 36.8 Å². The third-order valence-corrected chi connectivity index (χ3v) is 5.29. The molecule has 1 saturated carbocycles. The van der Waals surface area contributed by atoms with Gasteiger partial charge in [-0.15, -0.1) is 0 Å². The van der Waals surface area contributed by atoms with Crippen molar-refractivity contribution in [3.05, 3.63) is 29.1 Å². The Morgan fingerprint density at radius 2 is 2.10 bits per heavy atom. The lowest BCUT2D eigenvalue weighted by Gasteiger charge is -2.25. The predicted octanol–water partition coefficient (Wildman–Crippen LogP) is 2.09. The third-order valence-electron chi connectivity index (χ3n) is 3.85. The molecule has 2 N–H and O–H groups in total. The van der Waals surface area contributed by atoms with E-state index in [1.165, 1.54) is 38.3 Å². The molecule has 6 heteroatoms. The number of aliphatic hydroxyl groups excluding tert-OH is 1. The first-order valence-corrected chi connectivity index (χ1v) is 8.32. The molecule has 0 aliphatic heterocycles. The third kappa shape index (κ3) is 3.37. The average molecular weight is 301 g/mol. The van der Waals surface area contributed by atoms with Gasteiger partial charge in [-0.1, -0.05) is 19.3 Å². The largest absolute Gasteiger partial charge is 0.392 e. The molecule has 2 rings (SSSR count). The zero-order valence-electron chi connectivity index (χ0n) is 11.5. The number of aliphatic hydroxyl groups is 1. The van der Waals surface area contributed by atoms with E-state index in [2.05, 4.69) is 4.72 Å². The van der Waals surface area contributed by atoms with Gasteiger partial charge >= 0.3 is 0 Å². The molecule has 0 unspecified atom stereocenters. The predicted molar refractivity (Wildman–Crippen MR) is 74.2 cm³/mol. The van der Waals surface area contributed by atoms with Crippen LogP contribution in [0.3, 0.4) is 0 Å². The van der Waals surface area contributed by atoms with Gasteiger partial charge in [0.1, 0.15) is 5.82 Å². The summed E-state index contributed by atoms with van der Waals surface area (Å²) >= 11 is 0. The van der Waals surface area contributed by atoms with Crippen molar-refractivity contribution in [1.29, 1.82) is 0 Å². The minimum absolute atomic E-state index is 0.00404. The van der Waals surface area contributed by atoms with Crippen molar-refractivity contribution in [3.8, 4) is 0 Å². The van der Waals surface area contributed by atoms with Crippen molar-refractivity contribution in [2.45, 2.75) is 44.1 Å². The highest BCUT2D eigenvalue weighted by Crippen LogP contribution is 2.29. The number of rotatable bonds is 6. The first kappa shape index (κ1) is 15.4. The zero-order chi connectivity index (χ0) is 14.8. The first-order valence-electron chi connectivity index (χ1n) is 6.83. The molecule has 112 valence electrons. The molecule has 1 aliphatic carbocycles. The Hall–Kier alpha value is -0.980. The summed E-state index contributed by atoms with van der Waals surface area (Å²) in [7, 11) is -3.64. The van der Waals surface area contributed by atoms with E-state index in [9.17, 15) is 12.8 Å². The summed E-state index contributed by atoms with van der Waals surface area (Å²) in [6.45, 7) is 1.37. The van der Waals surface area contributed by atoms with Crippen molar-refractivity contribution in [3.63, 3.8) is 0 Å². The number of aryl methyl sites for hydroxylation is 1. The Labute approximate surface area is 119 Å². The van der Waals surface area contributed by atoms with E-state index in [1.54, 1.807) is 0 Å². The highest BCUT2D eigenvalue weighted by Gasteiger charge is 2.20. The van der Waals surface area contributed by atoms with Gasteiger partial charge in [0.15, 0.2) is 0 Å². The zero-order valence-corrected chi connectivity index (χ0v) is 12.3. The molecule has 0 aromatic heterocycles. The van der Waals surface area contributed by atoms with E-state index in [1.807, 2.05) is 0 Å². The average Bonchev–Trinajstić information content (AvgIpc) is 2.35. The molecular weight excluding hydrogens is 281 g/mol. The number of halogens is 1. The summed E-state index contributed by atoms with van der Waals surface area (Å²) in [6, 6.07) is 2.48. The van der Waals surface area contributed by atoms with Crippen LogP contribution in [-0.4, -0.2) is 20.1 Å². The van der Waals surface area contributed by atoms with E-state index in [0.29, 0.717) is 12.5 Å². The van der Waals surface area contributed by atoms with Crippen molar-refractivity contribution < 1.29 is 17.9 Å². The van der Waals surface area contributed by atoms with E-state index in [0.717, 1.165) is 6.42 Å². The van der Waals surface area contributed by atoms with Crippen LogP contribution >= 0.6 is 0 Å².